The van der Waals surface area contributed by atoms with E-state index in [4.69, 9.17) is 5.73 Å². The van der Waals surface area contributed by atoms with E-state index in [0.717, 1.165) is 25.7 Å². The molecule has 0 aliphatic rings. The number of amides is 1. The average Bonchev–Trinajstić information content (AvgIpc) is 2.47. The van der Waals surface area contributed by atoms with E-state index < -0.39 is 0 Å². The van der Waals surface area contributed by atoms with Crippen molar-refractivity contribution in [2.45, 2.75) is 52.5 Å². The van der Waals surface area contributed by atoms with Crippen LogP contribution in [0.2, 0.25) is 0 Å². The molecule has 0 aliphatic carbocycles. The smallest absolute Gasteiger partial charge is 0.250 e. The molecule has 1 rings (SSSR count). The Morgan fingerprint density at radius 1 is 1.33 bits per heavy atom. The first kappa shape index (κ1) is 17.4. The lowest BCUT2D eigenvalue weighted by atomic mass is 9.96. The van der Waals surface area contributed by atoms with Gasteiger partial charge in [0.25, 0.3) is 5.56 Å². The summed E-state index contributed by atoms with van der Waals surface area (Å²) < 4.78 is 1.62. The van der Waals surface area contributed by atoms with Gasteiger partial charge in [0.1, 0.15) is 0 Å². The Kier molecular flexibility index (Phi) is 7.75. The van der Waals surface area contributed by atoms with Crippen molar-refractivity contribution in [2.75, 3.05) is 11.9 Å². The molecule has 0 aliphatic heterocycles. The third-order valence-corrected chi connectivity index (χ3v) is 3.66. The molecule has 1 aromatic heterocycles. The quantitative estimate of drug-likeness (QED) is 0.733. The summed E-state index contributed by atoms with van der Waals surface area (Å²) in [6.45, 7) is 5.47. The second-order valence-corrected chi connectivity index (χ2v) is 5.39. The average molecular weight is 293 g/mol. The lowest BCUT2D eigenvalue weighted by molar-refractivity contribution is -0.116. The molecule has 1 atom stereocenters. The van der Waals surface area contributed by atoms with Gasteiger partial charge in [0.15, 0.2) is 0 Å². The molecule has 0 saturated carbocycles. The predicted octanol–water partition coefficient (Wildman–Crippen LogP) is 2.35. The highest BCUT2D eigenvalue weighted by Crippen LogP contribution is 2.15. The van der Waals surface area contributed by atoms with Crippen molar-refractivity contribution in [3.8, 4) is 0 Å². The predicted molar refractivity (Wildman–Crippen MR) is 86.3 cm³/mol. The van der Waals surface area contributed by atoms with Crippen molar-refractivity contribution >= 4 is 11.6 Å². The van der Waals surface area contributed by atoms with Gasteiger partial charge in [-0.1, -0.05) is 20.3 Å². The fourth-order valence-corrected chi connectivity index (χ4v) is 2.37. The minimum absolute atomic E-state index is 0.00725. The second-order valence-electron chi connectivity index (χ2n) is 5.39. The monoisotopic (exact) mass is 293 g/mol. The van der Waals surface area contributed by atoms with Crippen LogP contribution in [0.1, 0.15) is 46.0 Å². The number of pyridine rings is 1. The van der Waals surface area contributed by atoms with Crippen LogP contribution in [0.25, 0.3) is 0 Å². The summed E-state index contributed by atoms with van der Waals surface area (Å²) >= 11 is 0. The van der Waals surface area contributed by atoms with E-state index >= 15 is 0 Å². The van der Waals surface area contributed by atoms with Gasteiger partial charge in [-0.05, 0) is 37.8 Å². The molecule has 0 spiro atoms. The Labute approximate surface area is 126 Å². The Morgan fingerprint density at radius 2 is 2.10 bits per heavy atom. The SMILES string of the molecule is CCCn1cc(NC(=O)CCC(CC)CCN)ccc1=O. The molecule has 0 radical (unpaired) electrons. The highest BCUT2D eigenvalue weighted by atomic mass is 16.1. The van der Waals surface area contributed by atoms with E-state index in [0.29, 0.717) is 31.1 Å². The molecule has 0 aromatic carbocycles. The molecular formula is C16H27N3O2. The number of hydrogen-bond acceptors (Lipinski definition) is 3. The lowest BCUT2D eigenvalue weighted by Crippen LogP contribution is -2.20. The third-order valence-electron chi connectivity index (χ3n) is 3.66. The lowest BCUT2D eigenvalue weighted by Gasteiger charge is -2.13. The van der Waals surface area contributed by atoms with Crippen LogP contribution in [0.5, 0.6) is 0 Å². The van der Waals surface area contributed by atoms with Gasteiger partial charge >= 0.3 is 0 Å². The van der Waals surface area contributed by atoms with Crippen molar-refractivity contribution in [2.24, 2.45) is 11.7 Å². The Balaban J connectivity index is 2.54. The van der Waals surface area contributed by atoms with Gasteiger partial charge in [0, 0.05) is 25.2 Å². The zero-order valence-electron chi connectivity index (χ0n) is 13.1. The van der Waals surface area contributed by atoms with Crippen LogP contribution in [-0.2, 0) is 11.3 Å². The van der Waals surface area contributed by atoms with Crippen molar-refractivity contribution in [1.82, 2.24) is 4.57 Å². The minimum atomic E-state index is -0.0381. The molecule has 1 amide bonds. The highest BCUT2D eigenvalue weighted by Gasteiger charge is 2.09. The number of nitrogens with two attached hydrogens (primary N) is 1. The summed E-state index contributed by atoms with van der Waals surface area (Å²) in [5.41, 5.74) is 6.20. The summed E-state index contributed by atoms with van der Waals surface area (Å²) in [6, 6.07) is 3.15. The first-order chi connectivity index (χ1) is 10.1. The number of hydrogen-bond donors (Lipinski definition) is 2. The fourth-order valence-electron chi connectivity index (χ4n) is 2.37. The topological polar surface area (TPSA) is 77.1 Å². The highest BCUT2D eigenvalue weighted by molar-refractivity contribution is 5.90. The van der Waals surface area contributed by atoms with Gasteiger partial charge < -0.3 is 15.6 Å². The molecule has 5 nitrogen and oxygen atoms in total. The van der Waals surface area contributed by atoms with Crippen LogP contribution in [0, 0.1) is 5.92 Å². The third kappa shape index (κ3) is 6.12. The molecule has 0 fully saturated rings. The molecule has 1 unspecified atom stereocenters. The number of nitrogens with one attached hydrogen (secondary N) is 1. The van der Waals surface area contributed by atoms with Gasteiger partial charge in [-0.3, -0.25) is 9.59 Å². The Morgan fingerprint density at radius 3 is 2.71 bits per heavy atom. The molecule has 0 saturated heterocycles. The van der Waals surface area contributed by atoms with Crippen LogP contribution in [0.4, 0.5) is 5.69 Å². The fraction of sp³-hybridized carbons (Fsp3) is 0.625. The summed E-state index contributed by atoms with van der Waals surface area (Å²) in [7, 11) is 0. The van der Waals surface area contributed by atoms with Crippen LogP contribution in [0.15, 0.2) is 23.1 Å². The van der Waals surface area contributed by atoms with Crippen molar-refractivity contribution < 1.29 is 4.79 Å². The van der Waals surface area contributed by atoms with Gasteiger partial charge in [-0.2, -0.15) is 0 Å². The number of aryl methyl sites for hydroxylation is 1. The summed E-state index contributed by atoms with van der Waals surface area (Å²) in [5.74, 6) is 0.502. The number of carbonyl (C=O) groups excluding carboxylic acids is 1. The van der Waals surface area contributed by atoms with Gasteiger partial charge in [-0.25, -0.2) is 0 Å². The zero-order valence-corrected chi connectivity index (χ0v) is 13.1. The Bertz CT molecular complexity index is 497. The van der Waals surface area contributed by atoms with Gasteiger partial charge in [-0.15, -0.1) is 0 Å². The van der Waals surface area contributed by atoms with Crippen LogP contribution in [0.3, 0.4) is 0 Å². The largest absolute Gasteiger partial charge is 0.330 e. The summed E-state index contributed by atoms with van der Waals surface area (Å²) in [5, 5.41) is 2.86. The molecule has 21 heavy (non-hydrogen) atoms. The van der Waals surface area contributed by atoms with Crippen LogP contribution >= 0.6 is 0 Å². The zero-order chi connectivity index (χ0) is 15.7. The van der Waals surface area contributed by atoms with E-state index in [1.807, 2.05) is 6.92 Å². The number of carbonyl (C=O) groups is 1. The molecular weight excluding hydrogens is 266 g/mol. The number of anilines is 1. The van der Waals surface area contributed by atoms with Crippen LogP contribution in [-0.4, -0.2) is 17.0 Å². The van der Waals surface area contributed by atoms with Crippen molar-refractivity contribution in [3.63, 3.8) is 0 Å². The molecule has 1 heterocycles. The Hall–Kier alpha value is -1.62. The minimum Gasteiger partial charge on any atom is -0.330 e. The molecule has 5 heteroatoms. The molecule has 118 valence electrons. The van der Waals surface area contributed by atoms with Gasteiger partial charge in [0.2, 0.25) is 5.91 Å². The van der Waals surface area contributed by atoms with Crippen LogP contribution < -0.4 is 16.6 Å². The van der Waals surface area contributed by atoms with E-state index in [-0.39, 0.29) is 11.5 Å². The number of aromatic nitrogens is 1. The molecule has 0 bridgehead atoms. The van der Waals surface area contributed by atoms with Crippen molar-refractivity contribution in [3.05, 3.63) is 28.7 Å². The summed E-state index contributed by atoms with van der Waals surface area (Å²) in [6.07, 6.45) is 5.95. The maximum absolute atomic E-state index is 12.0. The first-order valence-electron chi connectivity index (χ1n) is 7.81. The molecule has 3 N–H and O–H groups in total. The normalized spacial score (nSPS) is 12.1. The van der Waals surface area contributed by atoms with Crippen molar-refractivity contribution in [1.29, 1.82) is 0 Å². The first-order valence-corrected chi connectivity index (χ1v) is 7.81. The summed E-state index contributed by atoms with van der Waals surface area (Å²) in [4.78, 5) is 23.6. The maximum atomic E-state index is 12.0. The van der Waals surface area contributed by atoms with Gasteiger partial charge in [0.05, 0.1) is 5.69 Å². The van der Waals surface area contributed by atoms with E-state index in [1.54, 1.807) is 16.8 Å². The standard InChI is InChI=1S/C16H27N3O2/c1-3-11-19-12-14(6-8-16(19)21)18-15(20)7-5-13(4-2)9-10-17/h6,8,12-13H,3-5,7,9-11,17H2,1-2H3,(H,18,20). The second kappa shape index (κ2) is 9.34. The number of rotatable bonds is 9. The van der Waals surface area contributed by atoms with E-state index in [9.17, 15) is 9.59 Å². The maximum Gasteiger partial charge on any atom is 0.250 e. The van der Waals surface area contributed by atoms with E-state index in [1.165, 1.54) is 6.07 Å². The number of nitrogens with zero attached hydrogens (tertiary/aromatic N) is 1. The molecule has 1 aromatic rings. The van der Waals surface area contributed by atoms with E-state index in [2.05, 4.69) is 12.2 Å².